The molecule has 0 bridgehead atoms. The summed E-state index contributed by atoms with van der Waals surface area (Å²) in [6.45, 7) is 4.75. The van der Waals surface area contributed by atoms with Gasteiger partial charge in [0.05, 0.1) is 5.56 Å². The number of esters is 1. The molecule has 0 amide bonds. The molecule has 0 unspecified atom stereocenters. The number of likely N-dealkylation sites (tertiary alicyclic amines) is 1. The topological polar surface area (TPSA) is 55.6 Å². The predicted octanol–water partition coefficient (Wildman–Crippen LogP) is 1.97. The van der Waals surface area contributed by atoms with Crippen LogP contribution in [0.5, 0.6) is 0 Å². The van der Waals surface area contributed by atoms with Crippen LogP contribution in [-0.4, -0.2) is 37.1 Å². The van der Waals surface area contributed by atoms with Crippen molar-refractivity contribution in [3.63, 3.8) is 0 Å². The summed E-state index contributed by atoms with van der Waals surface area (Å²) >= 11 is 0. The number of carbonyl (C=O) groups is 1. The number of nitrogens with two attached hydrogens (primary N) is 1. The van der Waals surface area contributed by atoms with Crippen LogP contribution in [-0.2, 0) is 4.74 Å². The third-order valence-corrected chi connectivity index (χ3v) is 3.46. The van der Waals surface area contributed by atoms with E-state index in [0.717, 1.165) is 19.6 Å². The number of halogens is 1. The number of rotatable bonds is 4. The lowest BCUT2D eigenvalue weighted by Gasteiger charge is -2.14. The van der Waals surface area contributed by atoms with Crippen molar-refractivity contribution >= 4 is 11.7 Å². The molecule has 1 saturated heterocycles. The van der Waals surface area contributed by atoms with Gasteiger partial charge in [-0.3, -0.25) is 4.90 Å². The van der Waals surface area contributed by atoms with Gasteiger partial charge in [0, 0.05) is 17.8 Å². The summed E-state index contributed by atoms with van der Waals surface area (Å²) in [5.74, 6) is -1.00. The summed E-state index contributed by atoms with van der Waals surface area (Å²) in [4.78, 5) is 14.0. The van der Waals surface area contributed by atoms with E-state index in [1.54, 1.807) is 6.92 Å². The van der Waals surface area contributed by atoms with E-state index in [4.69, 9.17) is 10.5 Å². The van der Waals surface area contributed by atoms with Crippen molar-refractivity contribution in [1.82, 2.24) is 4.90 Å². The maximum atomic E-state index is 13.5. The third kappa shape index (κ3) is 3.44. The van der Waals surface area contributed by atoms with Gasteiger partial charge in [0.15, 0.2) is 0 Å². The number of nitrogen functional groups attached to an aromatic ring is 1. The molecule has 1 heterocycles. The van der Waals surface area contributed by atoms with Crippen molar-refractivity contribution in [3.8, 4) is 0 Å². The fraction of sp³-hybridized carbons (Fsp3) is 0.500. The van der Waals surface area contributed by atoms with Crippen LogP contribution in [0.15, 0.2) is 12.1 Å². The zero-order chi connectivity index (χ0) is 13.8. The summed E-state index contributed by atoms with van der Waals surface area (Å²) in [6.07, 6.45) is 2.40. The van der Waals surface area contributed by atoms with Gasteiger partial charge in [-0.25, -0.2) is 9.18 Å². The van der Waals surface area contributed by atoms with Gasteiger partial charge in [-0.2, -0.15) is 0 Å². The number of ether oxygens (including phenoxy) is 1. The van der Waals surface area contributed by atoms with Crippen LogP contribution in [0.2, 0.25) is 0 Å². The monoisotopic (exact) mass is 266 g/mol. The molecule has 5 heteroatoms. The Balaban J connectivity index is 1.88. The van der Waals surface area contributed by atoms with Crippen LogP contribution in [0.3, 0.4) is 0 Å². The molecule has 1 aliphatic rings. The lowest BCUT2D eigenvalue weighted by molar-refractivity contribution is 0.0472. The summed E-state index contributed by atoms with van der Waals surface area (Å²) in [6, 6.07) is 2.63. The molecule has 0 aromatic heterocycles. The second kappa shape index (κ2) is 6.02. The van der Waals surface area contributed by atoms with Crippen molar-refractivity contribution in [2.24, 2.45) is 0 Å². The number of benzene rings is 1. The average molecular weight is 266 g/mol. The minimum atomic E-state index is -0.523. The average Bonchev–Trinajstić information content (AvgIpc) is 2.88. The SMILES string of the molecule is Cc1c(N)cc(C(=O)OCCN2CCCC2)cc1F. The van der Waals surface area contributed by atoms with E-state index < -0.39 is 11.8 Å². The molecule has 1 aliphatic heterocycles. The minimum absolute atomic E-state index is 0.169. The largest absolute Gasteiger partial charge is 0.461 e. The molecule has 1 aromatic rings. The van der Waals surface area contributed by atoms with Crippen molar-refractivity contribution in [2.75, 3.05) is 32.0 Å². The summed E-state index contributed by atoms with van der Waals surface area (Å²) in [7, 11) is 0. The van der Waals surface area contributed by atoms with Gasteiger partial charge in [0.2, 0.25) is 0 Å². The highest BCUT2D eigenvalue weighted by atomic mass is 19.1. The van der Waals surface area contributed by atoms with Crippen LogP contribution >= 0.6 is 0 Å². The standard InChI is InChI=1S/C14H19FN2O2/c1-10-12(15)8-11(9-13(10)16)14(18)19-7-6-17-4-2-3-5-17/h8-9H,2-7,16H2,1H3. The molecule has 4 nitrogen and oxygen atoms in total. The molecule has 1 fully saturated rings. The maximum Gasteiger partial charge on any atom is 0.338 e. The summed E-state index contributed by atoms with van der Waals surface area (Å²) < 4.78 is 18.6. The molecular weight excluding hydrogens is 247 g/mol. The zero-order valence-corrected chi connectivity index (χ0v) is 11.1. The summed E-state index contributed by atoms with van der Waals surface area (Å²) in [5.41, 5.74) is 6.43. The molecule has 2 rings (SSSR count). The van der Waals surface area contributed by atoms with E-state index in [2.05, 4.69) is 4.90 Å². The molecule has 0 atom stereocenters. The van der Waals surface area contributed by atoms with Crippen molar-refractivity contribution in [2.45, 2.75) is 19.8 Å². The number of anilines is 1. The Hall–Kier alpha value is -1.62. The van der Waals surface area contributed by atoms with Crippen LogP contribution in [0.25, 0.3) is 0 Å². The van der Waals surface area contributed by atoms with Gasteiger partial charge < -0.3 is 10.5 Å². The van der Waals surface area contributed by atoms with Gasteiger partial charge in [0.1, 0.15) is 12.4 Å². The molecule has 104 valence electrons. The van der Waals surface area contributed by atoms with E-state index in [-0.39, 0.29) is 11.3 Å². The van der Waals surface area contributed by atoms with Crippen LogP contribution in [0.4, 0.5) is 10.1 Å². The highest BCUT2D eigenvalue weighted by molar-refractivity contribution is 5.90. The highest BCUT2D eigenvalue weighted by Gasteiger charge is 2.14. The number of nitrogens with zero attached hydrogens (tertiary/aromatic N) is 1. The molecule has 2 N–H and O–H groups in total. The molecule has 0 saturated carbocycles. The first kappa shape index (κ1) is 13.8. The maximum absolute atomic E-state index is 13.5. The van der Waals surface area contributed by atoms with E-state index in [9.17, 15) is 9.18 Å². The molecule has 1 aromatic carbocycles. The summed E-state index contributed by atoms with van der Waals surface area (Å²) in [5, 5.41) is 0. The highest BCUT2D eigenvalue weighted by Crippen LogP contribution is 2.18. The second-order valence-electron chi connectivity index (χ2n) is 4.86. The first-order valence-corrected chi connectivity index (χ1v) is 6.53. The fourth-order valence-electron chi connectivity index (χ4n) is 2.17. The molecule has 0 radical (unpaired) electrons. The Bertz CT molecular complexity index is 448. The van der Waals surface area contributed by atoms with Gasteiger partial charge >= 0.3 is 5.97 Å². The number of carbonyl (C=O) groups excluding carboxylic acids is 1. The van der Waals surface area contributed by atoms with E-state index in [1.165, 1.54) is 25.0 Å². The van der Waals surface area contributed by atoms with E-state index in [1.807, 2.05) is 0 Å². The van der Waals surface area contributed by atoms with E-state index >= 15 is 0 Å². The van der Waals surface area contributed by atoms with Gasteiger partial charge in [0.25, 0.3) is 0 Å². The number of hydrogen-bond acceptors (Lipinski definition) is 4. The van der Waals surface area contributed by atoms with Crippen molar-refractivity contribution in [3.05, 3.63) is 29.1 Å². The fourth-order valence-corrected chi connectivity index (χ4v) is 2.17. The Labute approximate surface area is 112 Å². The first-order valence-electron chi connectivity index (χ1n) is 6.53. The van der Waals surface area contributed by atoms with Gasteiger partial charge in [-0.15, -0.1) is 0 Å². The Kier molecular flexibility index (Phi) is 4.37. The van der Waals surface area contributed by atoms with Gasteiger partial charge in [-0.1, -0.05) is 0 Å². The lowest BCUT2D eigenvalue weighted by atomic mass is 10.1. The van der Waals surface area contributed by atoms with Crippen LogP contribution < -0.4 is 5.73 Å². The number of hydrogen-bond donors (Lipinski definition) is 1. The molecule has 19 heavy (non-hydrogen) atoms. The second-order valence-corrected chi connectivity index (χ2v) is 4.86. The van der Waals surface area contributed by atoms with Crippen molar-refractivity contribution in [1.29, 1.82) is 0 Å². The molecule has 0 aliphatic carbocycles. The Morgan fingerprint density at radius 3 is 2.74 bits per heavy atom. The van der Waals surface area contributed by atoms with Gasteiger partial charge in [-0.05, 0) is 45.0 Å². The quantitative estimate of drug-likeness (QED) is 0.668. The first-order chi connectivity index (χ1) is 9.08. The lowest BCUT2D eigenvalue weighted by Crippen LogP contribution is -2.25. The molecule has 0 spiro atoms. The normalized spacial score (nSPS) is 15.7. The third-order valence-electron chi connectivity index (χ3n) is 3.46. The van der Waals surface area contributed by atoms with E-state index in [0.29, 0.717) is 12.2 Å². The Morgan fingerprint density at radius 1 is 1.42 bits per heavy atom. The van der Waals surface area contributed by atoms with Crippen LogP contribution in [0.1, 0.15) is 28.8 Å². The minimum Gasteiger partial charge on any atom is -0.461 e. The smallest absolute Gasteiger partial charge is 0.338 e. The van der Waals surface area contributed by atoms with Crippen molar-refractivity contribution < 1.29 is 13.9 Å². The zero-order valence-electron chi connectivity index (χ0n) is 11.1. The Morgan fingerprint density at radius 2 is 2.11 bits per heavy atom. The van der Waals surface area contributed by atoms with Crippen LogP contribution in [0, 0.1) is 12.7 Å². The predicted molar refractivity (Wildman–Crippen MR) is 71.5 cm³/mol. The molecular formula is C14H19FN2O2.